The van der Waals surface area contributed by atoms with Gasteiger partial charge in [-0.3, -0.25) is 0 Å². The summed E-state index contributed by atoms with van der Waals surface area (Å²) < 4.78 is 0. The smallest absolute Gasteiger partial charge is 0.00188 e. The Morgan fingerprint density at radius 1 is 1.07 bits per heavy atom. The van der Waals surface area contributed by atoms with Crippen LogP contribution in [0, 0.1) is 0 Å². The van der Waals surface area contributed by atoms with Crippen LogP contribution >= 0.6 is 0 Å². The summed E-state index contributed by atoms with van der Waals surface area (Å²) in [5.41, 5.74) is 0. The second-order valence-corrected chi connectivity index (χ2v) is 4.25. The highest BCUT2D eigenvalue weighted by Crippen LogP contribution is 2.01. The number of unbranched alkanes of at least 4 members (excludes halogenated alkanes) is 4. The van der Waals surface area contributed by atoms with Crippen LogP contribution in [-0.2, 0) is 0 Å². The van der Waals surface area contributed by atoms with E-state index in [2.05, 4.69) is 23.8 Å². The maximum Gasteiger partial charge on any atom is -0.00188 e. The van der Waals surface area contributed by atoms with E-state index in [1.165, 1.54) is 45.2 Å². The van der Waals surface area contributed by atoms with Crippen molar-refractivity contribution in [1.82, 2.24) is 10.2 Å². The molecule has 0 atom stereocenters. The van der Waals surface area contributed by atoms with Crippen molar-refractivity contribution in [2.75, 3.05) is 33.7 Å². The van der Waals surface area contributed by atoms with Gasteiger partial charge in [0.25, 0.3) is 0 Å². The Kier molecular flexibility index (Phi) is 11.5. The number of rotatable bonds is 11. The number of nitrogens with one attached hydrogen (secondary N) is 1. The molecule has 0 aromatic rings. The van der Waals surface area contributed by atoms with E-state index < -0.39 is 0 Å². The van der Waals surface area contributed by atoms with Gasteiger partial charge in [0.15, 0.2) is 0 Å². The first kappa shape index (κ1) is 14.7. The molecule has 0 saturated carbocycles. The molecule has 0 aliphatic heterocycles. The molecule has 2 heteroatoms. The summed E-state index contributed by atoms with van der Waals surface area (Å²) >= 11 is 0. The maximum absolute atomic E-state index is 3.74. The van der Waals surface area contributed by atoms with Gasteiger partial charge in [-0.2, -0.15) is 0 Å². The lowest BCUT2D eigenvalue weighted by Gasteiger charge is -2.15. The first-order valence-electron chi connectivity index (χ1n) is 6.25. The fourth-order valence-corrected chi connectivity index (χ4v) is 1.65. The van der Waals surface area contributed by atoms with Crippen LogP contribution in [0.25, 0.3) is 0 Å². The van der Waals surface area contributed by atoms with Crippen molar-refractivity contribution in [1.29, 1.82) is 0 Å². The average Bonchev–Trinajstić information content (AvgIpc) is 2.23. The van der Waals surface area contributed by atoms with Crippen molar-refractivity contribution in [3.05, 3.63) is 12.7 Å². The molecule has 0 radical (unpaired) electrons. The second kappa shape index (κ2) is 11.7. The van der Waals surface area contributed by atoms with E-state index in [-0.39, 0.29) is 0 Å². The van der Waals surface area contributed by atoms with Gasteiger partial charge in [-0.15, -0.1) is 6.58 Å². The predicted molar refractivity (Wildman–Crippen MR) is 69.3 cm³/mol. The Labute approximate surface area is 95.7 Å². The van der Waals surface area contributed by atoms with Gasteiger partial charge in [0.2, 0.25) is 0 Å². The number of allylic oxidation sites excluding steroid dienone is 1. The van der Waals surface area contributed by atoms with E-state index >= 15 is 0 Å². The third-order valence-corrected chi connectivity index (χ3v) is 2.66. The highest BCUT2D eigenvalue weighted by molar-refractivity contribution is 4.66. The summed E-state index contributed by atoms with van der Waals surface area (Å²) in [6.07, 6.45) is 9.79. The Balaban J connectivity index is 3.09. The largest absolute Gasteiger partial charge is 0.320 e. The van der Waals surface area contributed by atoms with Crippen molar-refractivity contribution in [3.63, 3.8) is 0 Å². The average molecular weight is 212 g/mol. The zero-order valence-electron chi connectivity index (χ0n) is 10.6. The number of nitrogens with zero attached hydrogens (tertiary/aromatic N) is 1. The molecule has 0 aromatic carbocycles. The molecule has 0 saturated heterocycles. The monoisotopic (exact) mass is 212 g/mol. The van der Waals surface area contributed by atoms with Crippen LogP contribution in [0.1, 0.15) is 38.5 Å². The van der Waals surface area contributed by atoms with Gasteiger partial charge in [0.1, 0.15) is 0 Å². The fourth-order valence-electron chi connectivity index (χ4n) is 1.65. The Hall–Kier alpha value is -0.340. The molecular weight excluding hydrogens is 184 g/mol. The summed E-state index contributed by atoms with van der Waals surface area (Å²) in [4.78, 5) is 2.43. The van der Waals surface area contributed by atoms with E-state index in [9.17, 15) is 0 Å². The van der Waals surface area contributed by atoms with Crippen molar-refractivity contribution < 1.29 is 0 Å². The van der Waals surface area contributed by atoms with Crippen LogP contribution in [0.2, 0.25) is 0 Å². The first-order chi connectivity index (χ1) is 7.31. The van der Waals surface area contributed by atoms with E-state index in [0.717, 1.165) is 13.0 Å². The molecule has 0 bridgehead atoms. The van der Waals surface area contributed by atoms with Crippen LogP contribution in [-0.4, -0.2) is 38.6 Å². The molecule has 0 aliphatic carbocycles. The molecule has 0 unspecified atom stereocenters. The molecule has 0 spiro atoms. The number of hydrogen-bond donors (Lipinski definition) is 1. The van der Waals surface area contributed by atoms with Gasteiger partial charge in [-0.1, -0.05) is 18.9 Å². The molecule has 0 fully saturated rings. The van der Waals surface area contributed by atoms with E-state index in [1.54, 1.807) is 0 Å². The lowest BCUT2D eigenvalue weighted by molar-refractivity contribution is 0.320. The van der Waals surface area contributed by atoms with Gasteiger partial charge < -0.3 is 10.2 Å². The van der Waals surface area contributed by atoms with E-state index in [4.69, 9.17) is 0 Å². The molecule has 2 nitrogen and oxygen atoms in total. The van der Waals surface area contributed by atoms with E-state index in [1.807, 2.05) is 13.1 Å². The quantitative estimate of drug-likeness (QED) is 0.418. The van der Waals surface area contributed by atoms with Crippen LogP contribution in [0.15, 0.2) is 12.7 Å². The molecule has 0 aromatic heterocycles. The summed E-state index contributed by atoms with van der Waals surface area (Å²) in [7, 11) is 4.24. The fraction of sp³-hybridized carbons (Fsp3) is 0.846. The van der Waals surface area contributed by atoms with Gasteiger partial charge >= 0.3 is 0 Å². The molecule has 0 amide bonds. The van der Waals surface area contributed by atoms with Crippen molar-refractivity contribution in [2.45, 2.75) is 38.5 Å². The second-order valence-electron chi connectivity index (χ2n) is 4.25. The minimum Gasteiger partial charge on any atom is -0.320 e. The third kappa shape index (κ3) is 11.6. The first-order valence-corrected chi connectivity index (χ1v) is 6.25. The molecule has 90 valence electrons. The Morgan fingerprint density at radius 3 is 2.40 bits per heavy atom. The van der Waals surface area contributed by atoms with Crippen LogP contribution in [0.3, 0.4) is 0 Å². The van der Waals surface area contributed by atoms with Crippen molar-refractivity contribution in [3.8, 4) is 0 Å². The lowest BCUT2D eigenvalue weighted by atomic mass is 10.2. The van der Waals surface area contributed by atoms with Gasteiger partial charge in [-0.25, -0.2) is 0 Å². The van der Waals surface area contributed by atoms with Crippen molar-refractivity contribution >= 4 is 0 Å². The molecule has 0 heterocycles. The molecule has 0 aliphatic rings. The maximum atomic E-state index is 3.74. The molecule has 1 N–H and O–H groups in total. The number of hydrogen-bond acceptors (Lipinski definition) is 2. The van der Waals surface area contributed by atoms with Crippen LogP contribution in [0.5, 0.6) is 0 Å². The Bertz CT molecular complexity index is 134. The summed E-state index contributed by atoms with van der Waals surface area (Å²) in [5, 5.41) is 3.18. The van der Waals surface area contributed by atoms with Gasteiger partial charge in [-0.05, 0) is 59.4 Å². The summed E-state index contributed by atoms with van der Waals surface area (Å²) in [5.74, 6) is 0. The summed E-state index contributed by atoms with van der Waals surface area (Å²) in [6, 6.07) is 0. The highest BCUT2D eigenvalue weighted by Gasteiger charge is 1.96. The van der Waals surface area contributed by atoms with Gasteiger partial charge in [0, 0.05) is 0 Å². The van der Waals surface area contributed by atoms with Gasteiger partial charge in [0.05, 0.1) is 0 Å². The zero-order valence-corrected chi connectivity index (χ0v) is 10.6. The van der Waals surface area contributed by atoms with Crippen LogP contribution < -0.4 is 5.32 Å². The lowest BCUT2D eigenvalue weighted by Crippen LogP contribution is -2.20. The third-order valence-electron chi connectivity index (χ3n) is 2.66. The zero-order chi connectivity index (χ0) is 11.4. The highest BCUT2D eigenvalue weighted by atomic mass is 15.1. The van der Waals surface area contributed by atoms with E-state index in [0.29, 0.717) is 0 Å². The topological polar surface area (TPSA) is 15.3 Å². The molecule has 0 rings (SSSR count). The molecule has 15 heavy (non-hydrogen) atoms. The normalized spacial score (nSPS) is 10.9. The van der Waals surface area contributed by atoms with Crippen molar-refractivity contribution in [2.24, 2.45) is 0 Å². The SMILES string of the molecule is C=CCCCN(C)CCCCCCNC. The standard InChI is InChI=1S/C13H28N2/c1-4-5-9-12-15(3)13-10-7-6-8-11-14-2/h4,14H,1,5-13H2,2-3H3. The summed E-state index contributed by atoms with van der Waals surface area (Å²) in [6.45, 7) is 7.36. The molecular formula is C13H28N2. The van der Waals surface area contributed by atoms with Crippen LogP contribution in [0.4, 0.5) is 0 Å². The minimum atomic E-state index is 1.15. The Morgan fingerprint density at radius 2 is 1.73 bits per heavy atom. The predicted octanol–water partition coefficient (Wildman–Crippen LogP) is 2.66. The minimum absolute atomic E-state index is 1.15.